The van der Waals surface area contributed by atoms with Crippen LogP contribution in [0.4, 0.5) is 0 Å². The number of unbranched alkanes of at least 4 members (excludes halogenated alkanes) is 2. The lowest BCUT2D eigenvalue weighted by molar-refractivity contribution is 0.402. The molecule has 1 aromatic carbocycles. The van der Waals surface area contributed by atoms with Crippen LogP contribution in [0.3, 0.4) is 0 Å². The molecule has 0 saturated heterocycles. The molecule has 0 fully saturated rings. The number of phenols is 1. The molecular formula is C16H19NO2. The van der Waals surface area contributed by atoms with Crippen molar-refractivity contribution in [3.63, 3.8) is 0 Å². The highest BCUT2D eigenvalue weighted by molar-refractivity contribution is 5.43. The van der Waals surface area contributed by atoms with Gasteiger partial charge in [-0.25, -0.2) is 4.98 Å². The number of hydrogen-bond acceptors (Lipinski definition) is 3. The molecule has 19 heavy (non-hydrogen) atoms. The van der Waals surface area contributed by atoms with Crippen molar-refractivity contribution in [2.24, 2.45) is 0 Å². The number of pyridine rings is 1. The molecule has 0 radical (unpaired) electrons. The van der Waals surface area contributed by atoms with Crippen molar-refractivity contribution in [1.29, 1.82) is 0 Å². The fraction of sp³-hybridized carbons (Fsp3) is 0.312. The predicted octanol–water partition coefficient (Wildman–Crippen LogP) is 4.31. The van der Waals surface area contributed by atoms with Crippen LogP contribution in [0.5, 0.6) is 17.4 Å². The summed E-state index contributed by atoms with van der Waals surface area (Å²) in [4.78, 5) is 4.06. The minimum absolute atomic E-state index is 0.166. The molecule has 2 rings (SSSR count). The summed E-state index contributed by atoms with van der Waals surface area (Å²) in [6.07, 6.45) is 6.22. The number of benzene rings is 1. The van der Waals surface area contributed by atoms with Crippen LogP contribution < -0.4 is 4.74 Å². The molecule has 0 aliphatic carbocycles. The largest absolute Gasteiger partial charge is 0.504 e. The first kappa shape index (κ1) is 13.4. The number of phenolic OH excluding ortho intramolecular Hbond substituents is 1. The number of hydrogen-bond donors (Lipinski definition) is 1. The summed E-state index contributed by atoms with van der Waals surface area (Å²) >= 11 is 0. The van der Waals surface area contributed by atoms with Gasteiger partial charge in [-0.3, -0.25) is 0 Å². The molecule has 0 spiro atoms. The Bertz CT molecular complexity index is 511. The lowest BCUT2D eigenvalue weighted by Crippen LogP contribution is -1.90. The van der Waals surface area contributed by atoms with Gasteiger partial charge in [-0.15, -0.1) is 0 Å². The highest BCUT2D eigenvalue weighted by Crippen LogP contribution is 2.30. The Morgan fingerprint density at radius 3 is 2.74 bits per heavy atom. The van der Waals surface area contributed by atoms with Gasteiger partial charge in [0.15, 0.2) is 11.5 Å². The lowest BCUT2D eigenvalue weighted by Gasteiger charge is -2.08. The topological polar surface area (TPSA) is 42.4 Å². The fourth-order valence-electron chi connectivity index (χ4n) is 1.90. The maximum atomic E-state index is 9.96. The monoisotopic (exact) mass is 257 g/mol. The molecule has 1 aromatic heterocycles. The first-order valence-corrected chi connectivity index (χ1v) is 6.70. The molecule has 0 bridgehead atoms. The van der Waals surface area contributed by atoms with Gasteiger partial charge in [-0.2, -0.15) is 0 Å². The standard InChI is InChI=1S/C16H19NO2/c1-2-3-4-7-13-9-10-15(14(18)12-13)19-16-8-5-6-11-17-16/h5-6,8-12,18H,2-4,7H2,1H3. The number of aromatic nitrogens is 1. The third-order valence-electron chi connectivity index (χ3n) is 2.94. The van der Waals surface area contributed by atoms with Crippen molar-refractivity contribution >= 4 is 0 Å². The van der Waals surface area contributed by atoms with E-state index < -0.39 is 0 Å². The molecule has 0 unspecified atom stereocenters. The third kappa shape index (κ3) is 3.98. The number of aromatic hydroxyl groups is 1. The van der Waals surface area contributed by atoms with Gasteiger partial charge in [0.2, 0.25) is 5.88 Å². The van der Waals surface area contributed by atoms with E-state index in [-0.39, 0.29) is 5.75 Å². The number of aryl methyl sites for hydroxylation is 1. The maximum Gasteiger partial charge on any atom is 0.219 e. The highest BCUT2D eigenvalue weighted by Gasteiger charge is 2.05. The molecule has 1 N–H and O–H groups in total. The highest BCUT2D eigenvalue weighted by atomic mass is 16.5. The average Bonchev–Trinajstić information content (AvgIpc) is 2.43. The number of ether oxygens (including phenoxy) is 1. The summed E-state index contributed by atoms with van der Waals surface area (Å²) in [5.74, 6) is 1.09. The van der Waals surface area contributed by atoms with Crippen molar-refractivity contribution in [3.05, 3.63) is 48.2 Å². The molecule has 100 valence electrons. The van der Waals surface area contributed by atoms with E-state index in [0.717, 1.165) is 18.4 Å². The Kier molecular flexibility index (Phi) is 4.78. The summed E-state index contributed by atoms with van der Waals surface area (Å²) in [7, 11) is 0. The average molecular weight is 257 g/mol. The smallest absolute Gasteiger partial charge is 0.219 e. The second-order valence-corrected chi connectivity index (χ2v) is 4.53. The normalized spacial score (nSPS) is 10.4. The summed E-state index contributed by atoms with van der Waals surface area (Å²) in [6, 6.07) is 11.0. The summed E-state index contributed by atoms with van der Waals surface area (Å²) in [5, 5.41) is 9.96. The molecule has 2 aromatic rings. The van der Waals surface area contributed by atoms with E-state index >= 15 is 0 Å². The van der Waals surface area contributed by atoms with E-state index in [9.17, 15) is 5.11 Å². The fourth-order valence-corrected chi connectivity index (χ4v) is 1.90. The van der Waals surface area contributed by atoms with Gasteiger partial charge >= 0.3 is 0 Å². The second-order valence-electron chi connectivity index (χ2n) is 4.53. The lowest BCUT2D eigenvalue weighted by atomic mass is 10.1. The van der Waals surface area contributed by atoms with Crippen molar-refractivity contribution in [2.45, 2.75) is 32.6 Å². The zero-order chi connectivity index (χ0) is 13.5. The minimum Gasteiger partial charge on any atom is -0.504 e. The molecule has 1 heterocycles. The molecule has 3 nitrogen and oxygen atoms in total. The first-order chi connectivity index (χ1) is 9.29. The van der Waals surface area contributed by atoms with Crippen LogP contribution in [0.25, 0.3) is 0 Å². The van der Waals surface area contributed by atoms with E-state index in [0.29, 0.717) is 11.6 Å². The van der Waals surface area contributed by atoms with Crippen LogP contribution in [0, 0.1) is 0 Å². The molecule has 0 aliphatic heterocycles. The Balaban J connectivity index is 2.03. The van der Waals surface area contributed by atoms with Gasteiger partial charge in [-0.05, 0) is 36.6 Å². The molecular weight excluding hydrogens is 238 g/mol. The molecule has 0 atom stereocenters. The summed E-state index contributed by atoms with van der Waals surface area (Å²) in [6.45, 7) is 2.18. The molecule has 0 aliphatic rings. The van der Waals surface area contributed by atoms with Gasteiger partial charge in [0.25, 0.3) is 0 Å². The molecule has 0 amide bonds. The van der Waals surface area contributed by atoms with Crippen LogP contribution in [0.15, 0.2) is 42.6 Å². The Labute approximate surface area is 113 Å². The summed E-state index contributed by atoms with van der Waals surface area (Å²) in [5.41, 5.74) is 1.14. The number of nitrogens with zero attached hydrogens (tertiary/aromatic N) is 1. The zero-order valence-corrected chi connectivity index (χ0v) is 11.2. The first-order valence-electron chi connectivity index (χ1n) is 6.70. The van der Waals surface area contributed by atoms with Crippen LogP contribution >= 0.6 is 0 Å². The SMILES string of the molecule is CCCCCc1ccc(Oc2ccccn2)c(O)c1. The Hall–Kier alpha value is -2.03. The van der Waals surface area contributed by atoms with Gasteiger partial charge in [-0.1, -0.05) is 31.9 Å². The number of rotatable bonds is 6. The van der Waals surface area contributed by atoms with Gasteiger partial charge in [0.05, 0.1) is 0 Å². The Morgan fingerprint density at radius 2 is 2.05 bits per heavy atom. The van der Waals surface area contributed by atoms with Crippen molar-refractivity contribution in [2.75, 3.05) is 0 Å². The van der Waals surface area contributed by atoms with E-state index in [4.69, 9.17) is 4.74 Å². The maximum absolute atomic E-state index is 9.96. The van der Waals surface area contributed by atoms with E-state index in [1.54, 1.807) is 24.4 Å². The third-order valence-corrected chi connectivity index (χ3v) is 2.94. The van der Waals surface area contributed by atoms with Crippen molar-refractivity contribution in [1.82, 2.24) is 4.98 Å². The van der Waals surface area contributed by atoms with E-state index in [1.165, 1.54) is 12.8 Å². The second kappa shape index (κ2) is 6.78. The molecule has 0 saturated carbocycles. The molecule has 3 heteroatoms. The van der Waals surface area contributed by atoms with Gasteiger partial charge in [0, 0.05) is 12.3 Å². The van der Waals surface area contributed by atoms with Crippen LogP contribution in [-0.2, 0) is 6.42 Å². The van der Waals surface area contributed by atoms with Crippen molar-refractivity contribution in [3.8, 4) is 17.4 Å². The van der Waals surface area contributed by atoms with Gasteiger partial charge in [0.1, 0.15) is 0 Å². The van der Waals surface area contributed by atoms with E-state index in [2.05, 4.69) is 11.9 Å². The minimum atomic E-state index is 0.166. The zero-order valence-electron chi connectivity index (χ0n) is 11.2. The van der Waals surface area contributed by atoms with Crippen LogP contribution in [0.2, 0.25) is 0 Å². The predicted molar refractivity (Wildman–Crippen MR) is 75.6 cm³/mol. The quantitative estimate of drug-likeness (QED) is 0.784. The van der Waals surface area contributed by atoms with Crippen molar-refractivity contribution < 1.29 is 9.84 Å². The van der Waals surface area contributed by atoms with E-state index in [1.807, 2.05) is 18.2 Å². The van der Waals surface area contributed by atoms with Crippen LogP contribution in [0.1, 0.15) is 31.7 Å². The van der Waals surface area contributed by atoms with Gasteiger partial charge < -0.3 is 9.84 Å². The summed E-state index contributed by atoms with van der Waals surface area (Å²) < 4.78 is 5.53. The Morgan fingerprint density at radius 1 is 1.16 bits per heavy atom. The van der Waals surface area contributed by atoms with Crippen LogP contribution in [-0.4, -0.2) is 10.1 Å².